The van der Waals surface area contributed by atoms with Crippen molar-refractivity contribution in [1.29, 1.82) is 5.26 Å². The van der Waals surface area contributed by atoms with Gasteiger partial charge in [0.05, 0.1) is 4.90 Å². The lowest BCUT2D eigenvalue weighted by atomic mass is 10.1. The fraction of sp³-hybridized carbons (Fsp3) is 0.250. The Morgan fingerprint density at radius 3 is 2.39 bits per heavy atom. The average molecular weight is 328 g/mol. The summed E-state index contributed by atoms with van der Waals surface area (Å²) in [5.74, 6) is 0. The first kappa shape index (κ1) is 15.5. The third-order valence-corrected chi connectivity index (χ3v) is 5.37. The lowest BCUT2D eigenvalue weighted by molar-refractivity contribution is 0.470. The van der Waals surface area contributed by atoms with Gasteiger partial charge >= 0.3 is 0 Å². The number of sulfonamides is 1. The minimum absolute atomic E-state index is 0.223. The number of nitrogens with zero attached hydrogens (tertiary/aromatic N) is 3. The van der Waals surface area contributed by atoms with Crippen molar-refractivity contribution < 1.29 is 8.42 Å². The average Bonchev–Trinajstić information content (AvgIpc) is 3.03. The molecule has 1 aromatic heterocycles. The zero-order chi connectivity index (χ0) is 16.3. The van der Waals surface area contributed by atoms with Gasteiger partial charge in [-0.2, -0.15) is 5.26 Å². The van der Waals surface area contributed by atoms with Gasteiger partial charge in [0.15, 0.2) is 6.19 Å². The summed E-state index contributed by atoms with van der Waals surface area (Å²) < 4.78 is 27.5. The van der Waals surface area contributed by atoms with E-state index in [-0.39, 0.29) is 10.9 Å². The fourth-order valence-corrected chi connectivity index (χ4v) is 3.87. The quantitative estimate of drug-likeness (QED) is 0.861. The van der Waals surface area contributed by atoms with Gasteiger partial charge in [0.2, 0.25) is 10.0 Å². The molecule has 1 aliphatic heterocycles. The Kier molecular flexibility index (Phi) is 4.28. The van der Waals surface area contributed by atoms with Crippen LogP contribution in [0.1, 0.15) is 6.42 Å². The Hall–Kier alpha value is -2.43. The largest absolute Gasteiger partial charge is 0.309 e. The highest BCUT2D eigenvalue weighted by Gasteiger charge is 2.26. The molecule has 2 aromatic rings. The zero-order valence-corrected chi connectivity index (χ0v) is 13.2. The maximum atomic E-state index is 12.4. The van der Waals surface area contributed by atoms with Gasteiger partial charge in [-0.1, -0.05) is 12.1 Å². The summed E-state index contributed by atoms with van der Waals surface area (Å²) in [5.41, 5.74) is 1.92. The summed E-state index contributed by atoms with van der Waals surface area (Å²) in [6.07, 6.45) is 6.07. The second-order valence-electron chi connectivity index (χ2n) is 5.41. The molecule has 0 spiro atoms. The predicted octanol–water partition coefficient (Wildman–Crippen LogP) is 1.58. The lowest BCUT2D eigenvalue weighted by Gasteiger charge is -2.13. The highest BCUT2D eigenvalue weighted by atomic mass is 32.2. The van der Waals surface area contributed by atoms with Crippen molar-refractivity contribution in [2.24, 2.45) is 0 Å². The molecule has 2 heterocycles. The van der Waals surface area contributed by atoms with Crippen LogP contribution in [0.2, 0.25) is 0 Å². The molecule has 0 amide bonds. The summed E-state index contributed by atoms with van der Waals surface area (Å²) in [7, 11) is -3.57. The molecule has 0 saturated carbocycles. The van der Waals surface area contributed by atoms with Gasteiger partial charge in [-0.15, -0.1) is 0 Å². The zero-order valence-electron chi connectivity index (χ0n) is 12.4. The van der Waals surface area contributed by atoms with E-state index in [0.717, 1.165) is 11.1 Å². The Balaban J connectivity index is 1.75. The first-order valence-electron chi connectivity index (χ1n) is 7.26. The molecule has 1 N–H and O–H groups in total. The van der Waals surface area contributed by atoms with Gasteiger partial charge in [0.25, 0.3) is 0 Å². The molecule has 1 fully saturated rings. The van der Waals surface area contributed by atoms with Crippen molar-refractivity contribution in [3.63, 3.8) is 0 Å². The normalized spacial score (nSPS) is 17.9. The first-order valence-corrected chi connectivity index (χ1v) is 8.74. The molecular formula is C16H16N4O2S. The number of nitrogens with one attached hydrogen (secondary N) is 1. The Bertz CT molecular complexity index is 813. The van der Waals surface area contributed by atoms with Crippen LogP contribution in [0.25, 0.3) is 11.1 Å². The molecule has 6 nitrogen and oxygen atoms in total. The minimum atomic E-state index is -3.57. The van der Waals surface area contributed by atoms with E-state index >= 15 is 0 Å². The van der Waals surface area contributed by atoms with Crippen LogP contribution < -0.4 is 4.72 Å². The molecule has 1 aromatic carbocycles. The van der Waals surface area contributed by atoms with Crippen molar-refractivity contribution in [3.05, 3.63) is 48.8 Å². The number of pyridine rings is 1. The minimum Gasteiger partial charge on any atom is -0.309 e. The molecule has 0 bridgehead atoms. The monoisotopic (exact) mass is 328 g/mol. The van der Waals surface area contributed by atoms with Crippen LogP contribution in [0.15, 0.2) is 53.7 Å². The van der Waals surface area contributed by atoms with Gasteiger partial charge in [0, 0.05) is 31.5 Å². The van der Waals surface area contributed by atoms with Crippen LogP contribution in [-0.4, -0.2) is 37.4 Å². The molecule has 1 unspecified atom stereocenters. The van der Waals surface area contributed by atoms with Gasteiger partial charge in [-0.3, -0.25) is 4.98 Å². The second-order valence-corrected chi connectivity index (χ2v) is 7.13. The van der Waals surface area contributed by atoms with Gasteiger partial charge in [0.1, 0.15) is 0 Å². The van der Waals surface area contributed by atoms with Crippen molar-refractivity contribution in [2.75, 3.05) is 13.1 Å². The number of nitriles is 1. The van der Waals surface area contributed by atoms with E-state index in [9.17, 15) is 8.42 Å². The number of rotatable bonds is 4. The van der Waals surface area contributed by atoms with Crippen LogP contribution in [-0.2, 0) is 10.0 Å². The third-order valence-electron chi connectivity index (χ3n) is 3.83. The van der Waals surface area contributed by atoms with Gasteiger partial charge in [-0.05, 0) is 41.8 Å². The molecule has 3 rings (SSSR count). The molecule has 1 atom stereocenters. The molecule has 1 saturated heterocycles. The second kappa shape index (κ2) is 6.36. The summed E-state index contributed by atoms with van der Waals surface area (Å²) in [6.45, 7) is 1.01. The number of benzene rings is 1. The fourth-order valence-electron chi connectivity index (χ4n) is 2.61. The predicted molar refractivity (Wildman–Crippen MR) is 85.6 cm³/mol. The molecule has 23 heavy (non-hydrogen) atoms. The molecular weight excluding hydrogens is 312 g/mol. The summed E-state index contributed by atoms with van der Waals surface area (Å²) in [4.78, 5) is 5.75. The maximum absolute atomic E-state index is 12.4. The summed E-state index contributed by atoms with van der Waals surface area (Å²) in [6, 6.07) is 10.3. The molecule has 118 valence electrons. The van der Waals surface area contributed by atoms with Crippen molar-refractivity contribution >= 4 is 10.0 Å². The van der Waals surface area contributed by atoms with E-state index in [1.807, 2.05) is 18.3 Å². The maximum Gasteiger partial charge on any atom is 0.240 e. The molecule has 0 aliphatic carbocycles. The summed E-state index contributed by atoms with van der Waals surface area (Å²) >= 11 is 0. The van der Waals surface area contributed by atoms with Crippen LogP contribution in [0.5, 0.6) is 0 Å². The van der Waals surface area contributed by atoms with E-state index in [0.29, 0.717) is 19.5 Å². The topological polar surface area (TPSA) is 86.1 Å². The molecule has 0 radical (unpaired) electrons. The Morgan fingerprint density at radius 1 is 1.13 bits per heavy atom. The van der Waals surface area contributed by atoms with Crippen molar-refractivity contribution in [1.82, 2.24) is 14.6 Å². The molecule has 1 aliphatic rings. The van der Waals surface area contributed by atoms with Crippen molar-refractivity contribution in [3.8, 4) is 17.3 Å². The van der Waals surface area contributed by atoms with E-state index < -0.39 is 10.0 Å². The van der Waals surface area contributed by atoms with E-state index in [1.54, 1.807) is 41.6 Å². The van der Waals surface area contributed by atoms with Crippen molar-refractivity contribution in [2.45, 2.75) is 17.4 Å². The number of hydrogen-bond donors (Lipinski definition) is 1. The highest BCUT2D eigenvalue weighted by molar-refractivity contribution is 7.89. The Labute approximate surface area is 135 Å². The van der Waals surface area contributed by atoms with Crippen LogP contribution in [0, 0.1) is 11.5 Å². The van der Waals surface area contributed by atoms with Crippen LogP contribution in [0.4, 0.5) is 0 Å². The highest BCUT2D eigenvalue weighted by Crippen LogP contribution is 2.21. The van der Waals surface area contributed by atoms with Crippen LogP contribution in [0.3, 0.4) is 0 Å². The standard InChI is InChI=1S/C16H16N4O2S/c17-12-20-10-7-15(11-20)19-23(21,22)16-3-1-13(2-4-16)14-5-8-18-9-6-14/h1-6,8-9,15,19H,7,10-11H2. The molecule has 7 heteroatoms. The Morgan fingerprint density at radius 2 is 1.78 bits per heavy atom. The number of aromatic nitrogens is 1. The van der Waals surface area contributed by atoms with Crippen LogP contribution >= 0.6 is 0 Å². The van der Waals surface area contributed by atoms with E-state index in [2.05, 4.69) is 9.71 Å². The third kappa shape index (κ3) is 3.50. The van der Waals surface area contributed by atoms with E-state index in [4.69, 9.17) is 5.26 Å². The first-order chi connectivity index (χ1) is 11.1. The summed E-state index contributed by atoms with van der Waals surface area (Å²) in [5, 5.41) is 8.83. The van der Waals surface area contributed by atoms with Gasteiger partial charge < -0.3 is 4.90 Å². The van der Waals surface area contributed by atoms with E-state index in [1.165, 1.54) is 0 Å². The number of hydrogen-bond acceptors (Lipinski definition) is 5. The SMILES string of the molecule is N#CN1CCC(NS(=O)(=O)c2ccc(-c3ccncc3)cc2)C1. The smallest absolute Gasteiger partial charge is 0.240 e. The number of likely N-dealkylation sites (tertiary alicyclic amines) is 1. The van der Waals surface area contributed by atoms with Gasteiger partial charge in [-0.25, -0.2) is 13.1 Å². The lowest BCUT2D eigenvalue weighted by Crippen LogP contribution is -2.36.